The summed E-state index contributed by atoms with van der Waals surface area (Å²) in [5.74, 6) is 0.518. The molecule has 0 aliphatic rings. The van der Waals surface area contributed by atoms with Crippen LogP contribution in [-0.4, -0.2) is 6.17 Å². The maximum Gasteiger partial charge on any atom is 0.105 e. The van der Waals surface area contributed by atoms with E-state index in [1.54, 1.807) is 0 Å². The average molecular weight is 160 g/mol. The van der Waals surface area contributed by atoms with Crippen LogP contribution in [0.15, 0.2) is 0 Å². The minimum absolute atomic E-state index is 0.236. The van der Waals surface area contributed by atoms with Crippen molar-refractivity contribution in [3.05, 3.63) is 0 Å². The van der Waals surface area contributed by atoms with E-state index in [0.717, 1.165) is 19.3 Å². The molecule has 0 amide bonds. The summed E-state index contributed by atoms with van der Waals surface area (Å²) in [6.45, 7) is 8.20. The van der Waals surface area contributed by atoms with Gasteiger partial charge in [-0.05, 0) is 11.8 Å². The maximum absolute atomic E-state index is 13.5. The van der Waals surface area contributed by atoms with Gasteiger partial charge in [0.25, 0.3) is 0 Å². The highest BCUT2D eigenvalue weighted by Crippen LogP contribution is 2.24. The van der Waals surface area contributed by atoms with Gasteiger partial charge in [-0.3, -0.25) is 0 Å². The second-order valence-corrected chi connectivity index (χ2v) is 3.41. The first-order valence-electron chi connectivity index (χ1n) is 4.81. The topological polar surface area (TPSA) is 0 Å². The predicted octanol–water partition coefficient (Wildman–Crippen LogP) is 3.81. The molecule has 0 heterocycles. The Bertz CT molecular complexity index is 86.9. The van der Waals surface area contributed by atoms with E-state index in [-0.39, 0.29) is 11.8 Å². The van der Waals surface area contributed by atoms with Crippen molar-refractivity contribution in [2.45, 2.75) is 53.1 Å². The standard InChI is InChI=1S/C10H21F/c1-5-8(4)10(11)9(6-2)7-3/h8-10H,5-7H2,1-4H3. The third-order valence-electron chi connectivity index (χ3n) is 2.69. The van der Waals surface area contributed by atoms with Gasteiger partial charge in [0.05, 0.1) is 0 Å². The molecule has 0 fully saturated rings. The van der Waals surface area contributed by atoms with Crippen LogP contribution in [0.4, 0.5) is 4.39 Å². The number of hydrogen-bond donors (Lipinski definition) is 0. The number of rotatable bonds is 5. The molecule has 0 nitrogen and oxygen atoms in total. The van der Waals surface area contributed by atoms with Crippen molar-refractivity contribution < 1.29 is 4.39 Å². The first-order valence-corrected chi connectivity index (χ1v) is 4.81. The number of halogens is 1. The first-order chi connectivity index (χ1) is 5.17. The van der Waals surface area contributed by atoms with Gasteiger partial charge in [0, 0.05) is 0 Å². The van der Waals surface area contributed by atoms with E-state index in [0.29, 0.717) is 0 Å². The fraction of sp³-hybridized carbons (Fsp3) is 1.00. The van der Waals surface area contributed by atoms with Crippen molar-refractivity contribution in [1.82, 2.24) is 0 Å². The Morgan fingerprint density at radius 1 is 1.00 bits per heavy atom. The molecule has 0 aromatic carbocycles. The third kappa shape index (κ3) is 3.22. The lowest BCUT2D eigenvalue weighted by Crippen LogP contribution is -2.21. The lowest BCUT2D eigenvalue weighted by molar-refractivity contribution is 0.148. The van der Waals surface area contributed by atoms with Crippen LogP contribution >= 0.6 is 0 Å². The largest absolute Gasteiger partial charge is 0.247 e. The van der Waals surface area contributed by atoms with Crippen LogP contribution in [-0.2, 0) is 0 Å². The minimum atomic E-state index is -0.588. The first kappa shape index (κ1) is 10.9. The van der Waals surface area contributed by atoms with Crippen molar-refractivity contribution in [2.75, 3.05) is 0 Å². The van der Waals surface area contributed by atoms with E-state index in [9.17, 15) is 4.39 Å². The summed E-state index contributed by atoms with van der Waals surface area (Å²) in [6, 6.07) is 0. The Hall–Kier alpha value is -0.0700. The van der Waals surface area contributed by atoms with E-state index in [4.69, 9.17) is 0 Å². The van der Waals surface area contributed by atoms with E-state index in [1.165, 1.54) is 0 Å². The molecule has 0 aromatic heterocycles. The van der Waals surface area contributed by atoms with Crippen LogP contribution in [0.2, 0.25) is 0 Å². The fourth-order valence-electron chi connectivity index (χ4n) is 1.43. The molecule has 2 unspecified atom stereocenters. The van der Waals surface area contributed by atoms with E-state index >= 15 is 0 Å². The smallest absolute Gasteiger partial charge is 0.105 e. The van der Waals surface area contributed by atoms with Gasteiger partial charge in [-0.2, -0.15) is 0 Å². The van der Waals surface area contributed by atoms with Gasteiger partial charge < -0.3 is 0 Å². The Balaban J connectivity index is 3.86. The lowest BCUT2D eigenvalue weighted by atomic mass is 9.88. The van der Waals surface area contributed by atoms with Crippen LogP contribution in [0.5, 0.6) is 0 Å². The van der Waals surface area contributed by atoms with E-state index < -0.39 is 6.17 Å². The third-order valence-corrected chi connectivity index (χ3v) is 2.69. The quantitative estimate of drug-likeness (QED) is 0.573. The maximum atomic E-state index is 13.5. The summed E-state index contributed by atoms with van der Waals surface area (Å²) in [5.41, 5.74) is 0. The van der Waals surface area contributed by atoms with Crippen LogP contribution in [0.25, 0.3) is 0 Å². The molecule has 0 rings (SSSR count). The Morgan fingerprint density at radius 2 is 1.45 bits per heavy atom. The molecule has 2 atom stereocenters. The molecule has 0 aliphatic heterocycles. The highest BCUT2D eigenvalue weighted by atomic mass is 19.1. The van der Waals surface area contributed by atoms with Crippen molar-refractivity contribution >= 4 is 0 Å². The molecule has 0 aliphatic carbocycles. The molecule has 0 N–H and O–H groups in total. The zero-order valence-corrected chi connectivity index (χ0v) is 8.23. The van der Waals surface area contributed by atoms with Gasteiger partial charge >= 0.3 is 0 Å². The summed E-state index contributed by atoms with van der Waals surface area (Å²) in [5, 5.41) is 0. The summed E-state index contributed by atoms with van der Waals surface area (Å²) < 4.78 is 13.5. The Kier molecular flexibility index (Phi) is 5.53. The van der Waals surface area contributed by atoms with Crippen molar-refractivity contribution in [2.24, 2.45) is 11.8 Å². The van der Waals surface area contributed by atoms with Crippen molar-refractivity contribution in [1.29, 1.82) is 0 Å². The molecule has 1 heteroatoms. The Morgan fingerprint density at radius 3 is 1.73 bits per heavy atom. The van der Waals surface area contributed by atoms with Crippen LogP contribution in [0.1, 0.15) is 47.0 Å². The van der Waals surface area contributed by atoms with Gasteiger partial charge in [-0.25, -0.2) is 4.39 Å². The minimum Gasteiger partial charge on any atom is -0.247 e. The van der Waals surface area contributed by atoms with Gasteiger partial charge in [0.15, 0.2) is 0 Å². The van der Waals surface area contributed by atoms with E-state index in [2.05, 4.69) is 20.8 Å². The molecular formula is C10H21F. The lowest BCUT2D eigenvalue weighted by Gasteiger charge is -2.22. The van der Waals surface area contributed by atoms with Crippen molar-refractivity contribution in [3.8, 4) is 0 Å². The summed E-state index contributed by atoms with van der Waals surface area (Å²) >= 11 is 0. The number of hydrogen-bond acceptors (Lipinski definition) is 0. The van der Waals surface area contributed by atoms with Crippen LogP contribution < -0.4 is 0 Å². The molecule has 0 bridgehead atoms. The second kappa shape index (κ2) is 5.56. The summed E-state index contributed by atoms with van der Waals surface area (Å²) in [6.07, 6.45) is 2.32. The molecule has 68 valence electrons. The monoisotopic (exact) mass is 160 g/mol. The second-order valence-electron chi connectivity index (χ2n) is 3.41. The van der Waals surface area contributed by atoms with Gasteiger partial charge in [0.2, 0.25) is 0 Å². The highest BCUT2D eigenvalue weighted by Gasteiger charge is 2.22. The number of alkyl halides is 1. The summed E-state index contributed by atoms with van der Waals surface area (Å²) in [4.78, 5) is 0. The molecule has 0 saturated heterocycles. The predicted molar refractivity (Wildman–Crippen MR) is 48.4 cm³/mol. The Labute approximate surface area is 70.2 Å². The highest BCUT2D eigenvalue weighted by molar-refractivity contribution is 4.71. The van der Waals surface area contributed by atoms with E-state index in [1.807, 2.05) is 6.92 Å². The zero-order valence-electron chi connectivity index (χ0n) is 8.23. The molecular weight excluding hydrogens is 139 g/mol. The normalized spacial score (nSPS) is 16.9. The van der Waals surface area contributed by atoms with Crippen LogP contribution in [0.3, 0.4) is 0 Å². The fourth-order valence-corrected chi connectivity index (χ4v) is 1.43. The molecule has 0 radical (unpaired) electrons. The molecule has 0 saturated carbocycles. The molecule has 0 spiro atoms. The molecule has 11 heavy (non-hydrogen) atoms. The van der Waals surface area contributed by atoms with Gasteiger partial charge in [0.1, 0.15) is 6.17 Å². The SMILES string of the molecule is CCC(C)C(F)C(CC)CC. The van der Waals surface area contributed by atoms with Crippen LogP contribution in [0, 0.1) is 11.8 Å². The van der Waals surface area contributed by atoms with Gasteiger partial charge in [-0.15, -0.1) is 0 Å². The summed E-state index contributed by atoms with van der Waals surface area (Å²) in [7, 11) is 0. The van der Waals surface area contributed by atoms with Gasteiger partial charge in [-0.1, -0.05) is 47.0 Å². The molecule has 0 aromatic rings. The van der Waals surface area contributed by atoms with Crippen molar-refractivity contribution in [3.63, 3.8) is 0 Å². The average Bonchev–Trinajstić information content (AvgIpc) is 2.05. The zero-order chi connectivity index (χ0) is 8.85.